The van der Waals surface area contributed by atoms with Gasteiger partial charge in [-0.2, -0.15) is 11.8 Å². The van der Waals surface area contributed by atoms with Gasteiger partial charge in [-0.1, -0.05) is 22.9 Å². The van der Waals surface area contributed by atoms with Gasteiger partial charge < -0.3 is 10.0 Å². The van der Waals surface area contributed by atoms with E-state index in [1.807, 2.05) is 31.2 Å². The molecule has 1 aliphatic rings. The van der Waals surface area contributed by atoms with Crippen LogP contribution >= 0.6 is 11.8 Å². The number of carboxylic acid groups (broad SMARTS) is 1. The van der Waals surface area contributed by atoms with Crippen molar-refractivity contribution in [1.82, 2.24) is 19.9 Å². The van der Waals surface area contributed by atoms with Crippen LogP contribution in [-0.2, 0) is 4.79 Å². The van der Waals surface area contributed by atoms with Crippen LogP contribution in [0.5, 0.6) is 0 Å². The number of aromatic nitrogens is 3. The van der Waals surface area contributed by atoms with Crippen molar-refractivity contribution in [2.45, 2.75) is 26.3 Å². The van der Waals surface area contributed by atoms with Crippen LogP contribution in [0, 0.1) is 13.8 Å². The maximum Gasteiger partial charge on any atom is 0.305 e. The standard InChI is InChI=1S/C17H20N4O3S/c1-11-3-5-13(6-4-11)21-12(2)16(18-19-21)17(24)20-7-8-25-10-14(20)9-15(22)23/h3-6,14H,7-10H2,1-2H3,(H,22,23). The number of rotatable bonds is 4. The molecule has 1 aromatic carbocycles. The van der Waals surface area contributed by atoms with Crippen LogP contribution in [0.25, 0.3) is 5.69 Å². The van der Waals surface area contributed by atoms with Crippen LogP contribution in [-0.4, -0.2) is 61.0 Å². The second kappa shape index (κ2) is 7.26. The van der Waals surface area contributed by atoms with E-state index >= 15 is 0 Å². The molecule has 3 rings (SSSR count). The van der Waals surface area contributed by atoms with E-state index in [1.54, 1.807) is 28.3 Å². The zero-order valence-corrected chi connectivity index (χ0v) is 15.0. The SMILES string of the molecule is Cc1ccc(-n2nnc(C(=O)N3CCSCC3CC(=O)O)c2C)cc1. The second-order valence-electron chi connectivity index (χ2n) is 6.10. The predicted octanol–water partition coefficient (Wildman–Crippen LogP) is 1.92. The molecule has 1 fully saturated rings. The smallest absolute Gasteiger partial charge is 0.305 e. The minimum absolute atomic E-state index is 0.0517. The molecule has 25 heavy (non-hydrogen) atoms. The summed E-state index contributed by atoms with van der Waals surface area (Å²) in [6.45, 7) is 4.33. The number of carbonyl (C=O) groups is 2. The first-order chi connectivity index (χ1) is 12.0. The molecule has 0 aliphatic carbocycles. The van der Waals surface area contributed by atoms with Gasteiger partial charge in [-0.05, 0) is 26.0 Å². The third-order valence-electron chi connectivity index (χ3n) is 4.27. The Bertz CT molecular complexity index is 788. The largest absolute Gasteiger partial charge is 0.481 e. The van der Waals surface area contributed by atoms with Crippen molar-refractivity contribution in [3.05, 3.63) is 41.2 Å². The first-order valence-corrected chi connectivity index (χ1v) is 9.22. The van der Waals surface area contributed by atoms with Crippen molar-refractivity contribution in [2.75, 3.05) is 18.1 Å². The van der Waals surface area contributed by atoms with E-state index in [4.69, 9.17) is 5.11 Å². The summed E-state index contributed by atoms with van der Waals surface area (Å²) in [4.78, 5) is 25.6. The molecule has 0 radical (unpaired) electrons. The van der Waals surface area contributed by atoms with Gasteiger partial charge in [-0.15, -0.1) is 5.10 Å². The molecule has 1 aromatic heterocycles. The fourth-order valence-corrected chi connectivity index (χ4v) is 3.95. The third kappa shape index (κ3) is 3.68. The Morgan fingerprint density at radius 3 is 2.68 bits per heavy atom. The van der Waals surface area contributed by atoms with E-state index in [9.17, 15) is 9.59 Å². The first-order valence-electron chi connectivity index (χ1n) is 8.07. The maximum atomic E-state index is 12.9. The highest BCUT2D eigenvalue weighted by molar-refractivity contribution is 7.99. The van der Waals surface area contributed by atoms with Crippen LogP contribution in [0.15, 0.2) is 24.3 Å². The molecular weight excluding hydrogens is 340 g/mol. The van der Waals surface area contributed by atoms with Crippen LogP contribution in [0.4, 0.5) is 0 Å². The number of carboxylic acids is 1. The number of amides is 1. The summed E-state index contributed by atoms with van der Waals surface area (Å²) in [6.07, 6.45) is -0.0517. The van der Waals surface area contributed by atoms with Crippen molar-refractivity contribution in [3.8, 4) is 5.69 Å². The molecule has 2 heterocycles. The molecule has 0 bridgehead atoms. The van der Waals surface area contributed by atoms with Crippen molar-refractivity contribution in [2.24, 2.45) is 0 Å². The molecule has 2 aromatic rings. The molecule has 1 N–H and O–H groups in total. The minimum Gasteiger partial charge on any atom is -0.481 e. The lowest BCUT2D eigenvalue weighted by molar-refractivity contribution is -0.138. The molecule has 1 atom stereocenters. The monoisotopic (exact) mass is 360 g/mol. The molecule has 8 heteroatoms. The van der Waals surface area contributed by atoms with E-state index in [0.29, 0.717) is 18.0 Å². The van der Waals surface area contributed by atoms with Crippen molar-refractivity contribution in [1.29, 1.82) is 0 Å². The van der Waals surface area contributed by atoms with Crippen molar-refractivity contribution in [3.63, 3.8) is 0 Å². The summed E-state index contributed by atoms with van der Waals surface area (Å²) in [5.41, 5.74) is 2.91. The zero-order chi connectivity index (χ0) is 18.0. The Morgan fingerprint density at radius 2 is 2.00 bits per heavy atom. The van der Waals surface area contributed by atoms with Gasteiger partial charge in [0, 0.05) is 18.1 Å². The predicted molar refractivity (Wildman–Crippen MR) is 95.2 cm³/mol. The molecule has 7 nitrogen and oxygen atoms in total. The second-order valence-corrected chi connectivity index (χ2v) is 7.25. The minimum atomic E-state index is -0.898. The van der Waals surface area contributed by atoms with Gasteiger partial charge in [0.25, 0.3) is 5.91 Å². The summed E-state index contributed by atoms with van der Waals surface area (Å²) in [5, 5.41) is 17.3. The Labute approximate surface area is 150 Å². The number of aliphatic carboxylic acids is 1. The Hall–Kier alpha value is -2.35. The molecule has 0 spiro atoms. The number of nitrogens with zero attached hydrogens (tertiary/aromatic N) is 4. The van der Waals surface area contributed by atoms with Gasteiger partial charge in [-0.25, -0.2) is 4.68 Å². The Kier molecular flexibility index (Phi) is 5.08. The number of thioether (sulfide) groups is 1. The number of benzene rings is 1. The number of aryl methyl sites for hydroxylation is 1. The molecule has 132 valence electrons. The fraction of sp³-hybridized carbons (Fsp3) is 0.412. The van der Waals surface area contributed by atoms with Crippen LogP contribution < -0.4 is 0 Å². The van der Waals surface area contributed by atoms with Crippen molar-refractivity contribution < 1.29 is 14.7 Å². The van der Waals surface area contributed by atoms with Gasteiger partial charge in [0.2, 0.25) is 0 Å². The highest BCUT2D eigenvalue weighted by atomic mass is 32.2. The molecule has 1 aliphatic heterocycles. The van der Waals surface area contributed by atoms with Crippen molar-refractivity contribution >= 4 is 23.6 Å². The number of hydrogen-bond donors (Lipinski definition) is 1. The van der Waals surface area contributed by atoms with Crippen LogP contribution in [0.3, 0.4) is 0 Å². The van der Waals surface area contributed by atoms with Gasteiger partial charge in [-0.3, -0.25) is 9.59 Å². The van der Waals surface area contributed by atoms with Gasteiger partial charge in [0.05, 0.1) is 23.8 Å². The summed E-state index contributed by atoms with van der Waals surface area (Å²) in [5.74, 6) is 0.281. The van der Waals surface area contributed by atoms with E-state index in [0.717, 1.165) is 17.0 Å². The summed E-state index contributed by atoms with van der Waals surface area (Å²) in [6, 6.07) is 7.49. The quantitative estimate of drug-likeness (QED) is 0.896. The van der Waals surface area contributed by atoms with Gasteiger partial charge >= 0.3 is 5.97 Å². The zero-order valence-electron chi connectivity index (χ0n) is 14.2. The highest BCUT2D eigenvalue weighted by Gasteiger charge is 2.32. The molecule has 0 saturated carbocycles. The average molecular weight is 360 g/mol. The van der Waals surface area contributed by atoms with Crippen LogP contribution in [0.1, 0.15) is 28.2 Å². The van der Waals surface area contributed by atoms with Crippen LogP contribution in [0.2, 0.25) is 0 Å². The Morgan fingerprint density at radius 1 is 1.28 bits per heavy atom. The number of hydrogen-bond acceptors (Lipinski definition) is 5. The fourth-order valence-electron chi connectivity index (χ4n) is 2.89. The summed E-state index contributed by atoms with van der Waals surface area (Å²) in [7, 11) is 0. The summed E-state index contributed by atoms with van der Waals surface area (Å²) >= 11 is 1.67. The molecule has 1 unspecified atom stereocenters. The van der Waals surface area contributed by atoms with E-state index in [-0.39, 0.29) is 24.1 Å². The average Bonchev–Trinajstić information content (AvgIpc) is 2.96. The summed E-state index contributed by atoms with van der Waals surface area (Å²) < 4.78 is 1.64. The van der Waals surface area contributed by atoms with Gasteiger partial charge in [0.1, 0.15) is 0 Å². The molecular formula is C17H20N4O3S. The lowest BCUT2D eigenvalue weighted by Crippen LogP contribution is -2.47. The third-order valence-corrected chi connectivity index (χ3v) is 5.37. The number of carbonyl (C=O) groups excluding carboxylic acids is 1. The first kappa shape index (κ1) is 17.5. The lowest BCUT2D eigenvalue weighted by Gasteiger charge is -2.34. The maximum absolute atomic E-state index is 12.9. The topological polar surface area (TPSA) is 88.3 Å². The van der Waals surface area contributed by atoms with Gasteiger partial charge in [0.15, 0.2) is 5.69 Å². The molecule has 1 saturated heterocycles. The van der Waals surface area contributed by atoms with E-state index in [2.05, 4.69) is 10.3 Å². The Balaban J connectivity index is 1.87. The molecule has 1 amide bonds. The normalized spacial score (nSPS) is 17.5. The van der Waals surface area contributed by atoms with E-state index < -0.39 is 5.97 Å². The van der Waals surface area contributed by atoms with E-state index in [1.165, 1.54) is 0 Å². The highest BCUT2D eigenvalue weighted by Crippen LogP contribution is 2.22. The lowest BCUT2D eigenvalue weighted by atomic mass is 10.1.